The van der Waals surface area contributed by atoms with Crippen molar-refractivity contribution in [3.63, 3.8) is 0 Å². The maximum atomic E-state index is 9.72. The smallest absolute Gasteiger partial charge is 0.0790 e. The number of benzene rings is 1. The molecule has 2 heteroatoms. The molecular weight excluding hydrogens is 222 g/mol. The van der Waals surface area contributed by atoms with Crippen LogP contribution in [0.2, 0.25) is 0 Å². The number of aromatic nitrogens is 1. The minimum Gasteiger partial charge on any atom is -0.388 e. The summed E-state index contributed by atoms with van der Waals surface area (Å²) >= 11 is 0. The van der Waals surface area contributed by atoms with Gasteiger partial charge in [0.05, 0.1) is 6.10 Å². The summed E-state index contributed by atoms with van der Waals surface area (Å²) in [6.45, 7) is 3.69. The van der Waals surface area contributed by atoms with E-state index in [4.69, 9.17) is 0 Å². The van der Waals surface area contributed by atoms with Gasteiger partial charge < -0.3 is 5.11 Å². The van der Waals surface area contributed by atoms with Crippen molar-refractivity contribution in [2.75, 3.05) is 0 Å². The summed E-state index contributed by atoms with van der Waals surface area (Å²) in [6, 6.07) is 11.3. The summed E-state index contributed by atoms with van der Waals surface area (Å²) in [7, 11) is 0. The van der Waals surface area contributed by atoms with Gasteiger partial charge in [-0.15, -0.1) is 0 Å². The zero-order valence-corrected chi connectivity index (χ0v) is 10.0. The van der Waals surface area contributed by atoms with E-state index in [2.05, 4.69) is 23.7 Å². The highest BCUT2D eigenvalue weighted by Crippen LogP contribution is 2.16. The van der Waals surface area contributed by atoms with Crippen LogP contribution in [0.3, 0.4) is 0 Å². The summed E-state index contributed by atoms with van der Waals surface area (Å²) in [5.41, 5.74) is 2.60. The number of aliphatic hydroxyl groups excluding tert-OH is 1. The summed E-state index contributed by atoms with van der Waals surface area (Å²) in [4.78, 5) is 4.01. The molecule has 1 N–H and O–H groups in total. The van der Waals surface area contributed by atoms with Crippen molar-refractivity contribution in [3.8, 4) is 11.8 Å². The number of hydrogen-bond donors (Lipinski definition) is 1. The maximum Gasteiger partial charge on any atom is 0.0790 e. The van der Waals surface area contributed by atoms with Crippen LogP contribution in [-0.4, -0.2) is 10.1 Å². The third-order valence-corrected chi connectivity index (χ3v) is 2.56. The first kappa shape index (κ1) is 12.3. The van der Waals surface area contributed by atoms with Crippen molar-refractivity contribution in [2.24, 2.45) is 0 Å². The molecule has 0 bridgehead atoms. The lowest BCUT2D eigenvalue weighted by atomic mass is 10.0. The second-order valence-electron chi connectivity index (χ2n) is 3.92. The predicted octanol–water partition coefficient (Wildman–Crippen LogP) is 2.74. The Labute approximate surface area is 107 Å². The molecule has 2 nitrogen and oxygen atoms in total. The van der Waals surface area contributed by atoms with Gasteiger partial charge >= 0.3 is 0 Å². The molecule has 1 atom stereocenters. The van der Waals surface area contributed by atoms with Crippen molar-refractivity contribution < 1.29 is 5.11 Å². The van der Waals surface area contributed by atoms with Crippen molar-refractivity contribution in [3.05, 3.63) is 72.4 Å². The second-order valence-corrected chi connectivity index (χ2v) is 3.92. The molecule has 2 rings (SSSR count). The van der Waals surface area contributed by atoms with Crippen molar-refractivity contribution >= 4 is 0 Å². The lowest BCUT2D eigenvalue weighted by Crippen LogP contribution is -1.95. The molecule has 1 radical (unpaired) electrons. The van der Waals surface area contributed by atoms with Gasteiger partial charge in [0, 0.05) is 23.5 Å². The van der Waals surface area contributed by atoms with Gasteiger partial charge in [0.2, 0.25) is 0 Å². The Bertz CT molecular complexity index is 566. The van der Waals surface area contributed by atoms with Crippen LogP contribution in [0.4, 0.5) is 0 Å². The lowest BCUT2D eigenvalue weighted by Gasteiger charge is -2.07. The summed E-state index contributed by atoms with van der Waals surface area (Å²) in [5, 5.41) is 9.72. The zero-order chi connectivity index (χ0) is 12.8. The third kappa shape index (κ3) is 3.19. The maximum absolute atomic E-state index is 9.72. The average Bonchev–Trinajstić information content (AvgIpc) is 2.45. The van der Waals surface area contributed by atoms with Gasteiger partial charge in [-0.3, -0.25) is 4.98 Å². The number of pyridine rings is 1. The van der Waals surface area contributed by atoms with Gasteiger partial charge in [0.15, 0.2) is 0 Å². The molecular formula is C16H14NO. The van der Waals surface area contributed by atoms with Crippen molar-refractivity contribution in [1.29, 1.82) is 0 Å². The number of nitrogens with zero attached hydrogens (tertiary/aromatic N) is 1. The van der Waals surface area contributed by atoms with Crippen LogP contribution in [0, 0.1) is 18.8 Å². The molecule has 2 aromatic rings. The topological polar surface area (TPSA) is 33.1 Å². The fourth-order valence-corrected chi connectivity index (χ4v) is 1.57. The fraction of sp³-hybridized carbons (Fsp3) is 0.125. The first-order valence-electron chi connectivity index (χ1n) is 5.79. The molecule has 1 unspecified atom stereocenters. The van der Waals surface area contributed by atoms with Gasteiger partial charge in [-0.1, -0.05) is 30.9 Å². The largest absolute Gasteiger partial charge is 0.388 e. The van der Waals surface area contributed by atoms with E-state index in [-0.39, 0.29) is 0 Å². The minimum absolute atomic E-state index is 0.458. The number of hydrogen-bond acceptors (Lipinski definition) is 2. The standard InChI is InChI=1S/C16H14NO/c1-2-16(18)15-7-3-5-13(11-15)8-9-14-6-4-10-17-12-14/h3-7,10-12,16,18H,1-2H2. The van der Waals surface area contributed by atoms with E-state index in [1.807, 2.05) is 36.4 Å². The molecule has 89 valence electrons. The van der Waals surface area contributed by atoms with Gasteiger partial charge in [-0.25, -0.2) is 0 Å². The van der Waals surface area contributed by atoms with E-state index in [1.54, 1.807) is 12.4 Å². The zero-order valence-electron chi connectivity index (χ0n) is 10.0. The molecule has 0 saturated heterocycles. The Hall–Kier alpha value is -2.11. The predicted molar refractivity (Wildman–Crippen MR) is 71.6 cm³/mol. The Morgan fingerprint density at radius 3 is 2.67 bits per heavy atom. The highest BCUT2D eigenvalue weighted by Gasteiger charge is 2.03. The molecule has 18 heavy (non-hydrogen) atoms. The molecule has 0 aliphatic rings. The fourth-order valence-electron chi connectivity index (χ4n) is 1.57. The van der Waals surface area contributed by atoms with Crippen LogP contribution < -0.4 is 0 Å². The normalized spacial score (nSPS) is 11.4. The van der Waals surface area contributed by atoms with Crippen molar-refractivity contribution in [2.45, 2.75) is 12.5 Å². The first-order valence-corrected chi connectivity index (χ1v) is 5.79. The molecule has 0 aliphatic heterocycles. The van der Waals surface area contributed by atoms with Crippen LogP contribution in [-0.2, 0) is 0 Å². The van der Waals surface area contributed by atoms with Crippen LogP contribution in [0.25, 0.3) is 0 Å². The minimum atomic E-state index is -0.523. The summed E-state index contributed by atoms with van der Waals surface area (Å²) in [6.07, 6.45) is 3.38. The Morgan fingerprint density at radius 1 is 1.17 bits per heavy atom. The number of aliphatic hydroxyl groups is 1. The van der Waals surface area contributed by atoms with Gasteiger partial charge in [-0.05, 0) is 36.2 Å². The van der Waals surface area contributed by atoms with Crippen LogP contribution in [0.15, 0.2) is 48.8 Å². The molecule has 1 heterocycles. The van der Waals surface area contributed by atoms with E-state index in [9.17, 15) is 5.11 Å². The van der Waals surface area contributed by atoms with E-state index in [0.717, 1.165) is 16.7 Å². The van der Waals surface area contributed by atoms with Crippen LogP contribution in [0.1, 0.15) is 29.2 Å². The molecule has 0 amide bonds. The van der Waals surface area contributed by atoms with Gasteiger partial charge in [0.1, 0.15) is 0 Å². The molecule has 1 aromatic heterocycles. The number of rotatable bonds is 2. The second kappa shape index (κ2) is 6.00. The lowest BCUT2D eigenvalue weighted by molar-refractivity contribution is 0.181. The molecule has 0 spiro atoms. The highest BCUT2D eigenvalue weighted by atomic mass is 16.3. The molecule has 0 fully saturated rings. The first-order chi connectivity index (χ1) is 8.79. The van der Waals surface area contributed by atoms with Gasteiger partial charge in [0.25, 0.3) is 0 Å². The Morgan fingerprint density at radius 2 is 1.94 bits per heavy atom. The third-order valence-electron chi connectivity index (χ3n) is 2.56. The Kier molecular flexibility index (Phi) is 4.11. The quantitative estimate of drug-likeness (QED) is 0.813. The van der Waals surface area contributed by atoms with Crippen LogP contribution >= 0.6 is 0 Å². The summed E-state index contributed by atoms with van der Waals surface area (Å²) in [5.74, 6) is 6.09. The summed E-state index contributed by atoms with van der Waals surface area (Å²) < 4.78 is 0. The van der Waals surface area contributed by atoms with Gasteiger partial charge in [-0.2, -0.15) is 0 Å². The molecule has 0 aliphatic carbocycles. The average molecular weight is 236 g/mol. The van der Waals surface area contributed by atoms with E-state index in [1.165, 1.54) is 0 Å². The Balaban J connectivity index is 2.23. The van der Waals surface area contributed by atoms with Crippen molar-refractivity contribution in [1.82, 2.24) is 4.98 Å². The van der Waals surface area contributed by atoms with E-state index in [0.29, 0.717) is 6.42 Å². The molecule has 1 aromatic carbocycles. The molecule has 0 saturated carbocycles. The highest BCUT2D eigenvalue weighted by molar-refractivity contribution is 5.43. The SMILES string of the molecule is [CH2]CC(O)c1cccc(C#Cc2cccnc2)c1. The van der Waals surface area contributed by atoms with E-state index < -0.39 is 6.10 Å². The monoisotopic (exact) mass is 236 g/mol. The van der Waals surface area contributed by atoms with E-state index >= 15 is 0 Å². The van der Waals surface area contributed by atoms with Crippen LogP contribution in [0.5, 0.6) is 0 Å².